The van der Waals surface area contributed by atoms with Crippen LogP contribution in [0.2, 0.25) is 0 Å². The van der Waals surface area contributed by atoms with E-state index in [-0.39, 0.29) is 11.9 Å². The summed E-state index contributed by atoms with van der Waals surface area (Å²) in [6, 6.07) is 0.687. The van der Waals surface area contributed by atoms with Gasteiger partial charge in [-0.3, -0.25) is 14.4 Å². The van der Waals surface area contributed by atoms with Gasteiger partial charge in [0.25, 0.3) is 5.91 Å². The highest BCUT2D eigenvalue weighted by Crippen LogP contribution is 2.37. The van der Waals surface area contributed by atoms with Gasteiger partial charge in [-0.25, -0.2) is 0 Å². The molecule has 1 aromatic rings. The molecule has 4 rings (SSSR count). The van der Waals surface area contributed by atoms with E-state index in [0.717, 1.165) is 50.7 Å². The Labute approximate surface area is 143 Å². The quantitative estimate of drug-likeness (QED) is 0.889. The van der Waals surface area contributed by atoms with Crippen LogP contribution in [0.25, 0.3) is 0 Å². The van der Waals surface area contributed by atoms with Crippen LogP contribution in [0.5, 0.6) is 0 Å². The Kier molecular flexibility index (Phi) is 4.35. The van der Waals surface area contributed by atoms with Crippen LogP contribution in [-0.2, 0) is 11.3 Å². The fourth-order valence-electron chi connectivity index (χ4n) is 4.11. The third-order valence-electron chi connectivity index (χ3n) is 5.57. The van der Waals surface area contributed by atoms with Gasteiger partial charge in [-0.15, -0.1) is 0 Å². The highest BCUT2D eigenvalue weighted by Gasteiger charge is 2.42. The monoisotopic (exact) mass is 332 g/mol. The number of hydrogen-bond donors (Lipinski definition) is 1. The first-order valence-corrected chi connectivity index (χ1v) is 9.34. The van der Waals surface area contributed by atoms with E-state index in [1.54, 1.807) is 0 Å². The summed E-state index contributed by atoms with van der Waals surface area (Å²) >= 11 is 0. The molecule has 1 amide bonds. The van der Waals surface area contributed by atoms with Gasteiger partial charge in [0.1, 0.15) is 0 Å². The van der Waals surface area contributed by atoms with Crippen LogP contribution in [0, 0.1) is 12.8 Å². The van der Waals surface area contributed by atoms with E-state index in [9.17, 15) is 4.79 Å². The standard InChI is InChI=1S/C18H28N4O2/c1-3-6-22-9-16(12(2)20-22)18(23)19-14-7-15-11-24-17(13-4-5-13)10-21(15)8-14/h9,13-15,17H,3-8,10-11H2,1-2H3,(H,19,23)/t14-,15+,17-/m1/s1. The lowest BCUT2D eigenvalue weighted by Crippen LogP contribution is -2.47. The zero-order valence-corrected chi connectivity index (χ0v) is 14.7. The molecule has 1 aromatic heterocycles. The SMILES string of the molecule is CCCn1cc(C(=O)N[C@@H]2C[C@H]3CO[C@@H](C4CC4)CN3C2)c(C)n1. The fraction of sp³-hybridized carbons (Fsp3) is 0.778. The van der Waals surface area contributed by atoms with Crippen LogP contribution in [0.4, 0.5) is 0 Å². The summed E-state index contributed by atoms with van der Waals surface area (Å²) in [6.45, 7) is 7.68. The number of fused-ring (bicyclic) bond motifs is 1. The van der Waals surface area contributed by atoms with Crippen LogP contribution in [0.3, 0.4) is 0 Å². The minimum atomic E-state index is 0.0133. The average molecular weight is 332 g/mol. The number of aromatic nitrogens is 2. The minimum absolute atomic E-state index is 0.0133. The molecule has 3 heterocycles. The normalized spacial score (nSPS) is 30.3. The molecule has 132 valence electrons. The van der Waals surface area contributed by atoms with Crippen LogP contribution in [0.15, 0.2) is 6.20 Å². The number of nitrogens with zero attached hydrogens (tertiary/aromatic N) is 3. The summed E-state index contributed by atoms with van der Waals surface area (Å²) in [5.41, 5.74) is 1.52. The number of hydrogen-bond acceptors (Lipinski definition) is 4. The van der Waals surface area contributed by atoms with Crippen molar-refractivity contribution in [3.8, 4) is 0 Å². The van der Waals surface area contributed by atoms with Gasteiger partial charge in [-0.2, -0.15) is 5.10 Å². The summed E-state index contributed by atoms with van der Waals surface area (Å²) in [5, 5.41) is 7.65. The molecule has 3 aliphatic rings. The molecule has 1 aliphatic carbocycles. The van der Waals surface area contributed by atoms with Gasteiger partial charge in [-0.05, 0) is 38.5 Å². The van der Waals surface area contributed by atoms with Crippen LogP contribution >= 0.6 is 0 Å². The van der Waals surface area contributed by atoms with Crippen LogP contribution < -0.4 is 5.32 Å². The molecule has 1 N–H and O–H groups in total. The first kappa shape index (κ1) is 16.1. The number of nitrogens with one attached hydrogen (secondary N) is 1. The number of aryl methyl sites for hydroxylation is 2. The molecule has 6 nitrogen and oxygen atoms in total. The topological polar surface area (TPSA) is 59.4 Å². The van der Waals surface area contributed by atoms with Crippen molar-refractivity contribution < 1.29 is 9.53 Å². The van der Waals surface area contributed by atoms with Crippen molar-refractivity contribution in [2.45, 2.75) is 64.3 Å². The van der Waals surface area contributed by atoms with Gasteiger partial charge in [-0.1, -0.05) is 6.92 Å². The van der Waals surface area contributed by atoms with E-state index in [1.165, 1.54) is 12.8 Å². The summed E-state index contributed by atoms with van der Waals surface area (Å²) in [6.07, 6.45) is 6.96. The van der Waals surface area contributed by atoms with E-state index in [1.807, 2.05) is 17.8 Å². The van der Waals surface area contributed by atoms with Gasteiger partial charge in [0.05, 0.1) is 24.0 Å². The number of carbonyl (C=O) groups is 1. The van der Waals surface area contributed by atoms with E-state index in [2.05, 4.69) is 22.2 Å². The number of morpholine rings is 1. The molecule has 0 spiro atoms. The molecule has 2 aliphatic heterocycles. The molecule has 2 saturated heterocycles. The highest BCUT2D eigenvalue weighted by molar-refractivity contribution is 5.95. The van der Waals surface area contributed by atoms with E-state index in [0.29, 0.717) is 17.7 Å². The molecule has 6 heteroatoms. The van der Waals surface area contributed by atoms with Crippen LogP contribution in [0.1, 0.15) is 48.7 Å². The Morgan fingerprint density at radius 1 is 1.42 bits per heavy atom. The van der Waals surface area contributed by atoms with E-state index in [4.69, 9.17) is 4.74 Å². The maximum absolute atomic E-state index is 12.6. The zero-order chi connectivity index (χ0) is 16.7. The van der Waals surface area contributed by atoms with Crippen molar-refractivity contribution >= 4 is 5.91 Å². The molecule has 0 bridgehead atoms. The lowest BCUT2D eigenvalue weighted by molar-refractivity contribution is -0.0581. The van der Waals surface area contributed by atoms with Crippen molar-refractivity contribution in [1.29, 1.82) is 0 Å². The molecule has 24 heavy (non-hydrogen) atoms. The number of amides is 1. The first-order chi connectivity index (χ1) is 11.6. The van der Waals surface area contributed by atoms with E-state index < -0.39 is 0 Å². The molecular formula is C18H28N4O2. The predicted octanol–water partition coefficient (Wildman–Crippen LogP) is 1.58. The van der Waals surface area contributed by atoms with Gasteiger partial charge < -0.3 is 10.1 Å². The van der Waals surface area contributed by atoms with E-state index >= 15 is 0 Å². The van der Waals surface area contributed by atoms with Crippen molar-refractivity contribution in [2.75, 3.05) is 19.7 Å². The highest BCUT2D eigenvalue weighted by atomic mass is 16.5. The maximum Gasteiger partial charge on any atom is 0.255 e. The third-order valence-corrected chi connectivity index (χ3v) is 5.57. The summed E-state index contributed by atoms with van der Waals surface area (Å²) < 4.78 is 7.91. The molecule has 3 atom stereocenters. The largest absolute Gasteiger partial charge is 0.375 e. The Balaban J connectivity index is 1.35. The minimum Gasteiger partial charge on any atom is -0.375 e. The summed E-state index contributed by atoms with van der Waals surface area (Å²) in [4.78, 5) is 15.1. The third kappa shape index (κ3) is 3.22. The molecule has 0 radical (unpaired) electrons. The summed E-state index contributed by atoms with van der Waals surface area (Å²) in [5.74, 6) is 0.797. The second-order valence-electron chi connectivity index (χ2n) is 7.61. The van der Waals surface area contributed by atoms with Crippen molar-refractivity contribution in [3.63, 3.8) is 0 Å². The lowest BCUT2D eigenvalue weighted by Gasteiger charge is -2.35. The second-order valence-corrected chi connectivity index (χ2v) is 7.61. The summed E-state index contributed by atoms with van der Waals surface area (Å²) in [7, 11) is 0. The average Bonchev–Trinajstić information content (AvgIpc) is 3.22. The molecular weight excluding hydrogens is 304 g/mol. The van der Waals surface area contributed by atoms with Crippen molar-refractivity contribution in [3.05, 3.63) is 17.5 Å². The Morgan fingerprint density at radius 3 is 3.00 bits per heavy atom. The van der Waals surface area contributed by atoms with Crippen LogP contribution in [-0.4, -0.2) is 58.5 Å². The van der Waals surface area contributed by atoms with Crippen molar-refractivity contribution in [2.24, 2.45) is 5.92 Å². The number of rotatable bonds is 5. The Hall–Kier alpha value is -1.40. The fourth-order valence-corrected chi connectivity index (χ4v) is 4.11. The molecule has 1 saturated carbocycles. The number of carbonyl (C=O) groups excluding carboxylic acids is 1. The lowest BCUT2D eigenvalue weighted by atomic mass is 10.1. The Bertz CT molecular complexity index is 610. The number of ether oxygens (including phenoxy) is 1. The molecule has 3 fully saturated rings. The molecule has 0 unspecified atom stereocenters. The Morgan fingerprint density at radius 2 is 2.25 bits per heavy atom. The zero-order valence-electron chi connectivity index (χ0n) is 14.7. The smallest absolute Gasteiger partial charge is 0.255 e. The maximum atomic E-state index is 12.6. The van der Waals surface area contributed by atoms with Gasteiger partial charge in [0.15, 0.2) is 0 Å². The van der Waals surface area contributed by atoms with Gasteiger partial charge in [0.2, 0.25) is 0 Å². The predicted molar refractivity (Wildman–Crippen MR) is 91.0 cm³/mol. The van der Waals surface area contributed by atoms with Gasteiger partial charge >= 0.3 is 0 Å². The molecule has 0 aromatic carbocycles. The van der Waals surface area contributed by atoms with Crippen molar-refractivity contribution in [1.82, 2.24) is 20.0 Å². The second kappa shape index (κ2) is 6.48. The first-order valence-electron chi connectivity index (χ1n) is 9.34. The van der Waals surface area contributed by atoms with Gasteiger partial charge in [0, 0.05) is 37.9 Å².